The Kier molecular flexibility index (Phi) is 6.34. The molecular formula is C13H21BrN2O3. The molecule has 1 aliphatic carbocycles. The molecule has 0 radical (unpaired) electrons. The highest BCUT2D eigenvalue weighted by molar-refractivity contribution is 9.11. The highest BCUT2D eigenvalue weighted by Gasteiger charge is 2.38. The first-order valence-electron chi connectivity index (χ1n) is 6.55. The maximum atomic E-state index is 11.6. The molecule has 0 unspecified atom stereocenters. The van der Waals surface area contributed by atoms with Crippen molar-refractivity contribution in [2.75, 3.05) is 13.1 Å². The zero-order valence-corrected chi connectivity index (χ0v) is 12.6. The highest BCUT2D eigenvalue weighted by Crippen LogP contribution is 2.34. The van der Waals surface area contributed by atoms with Crippen LogP contribution in [0.5, 0.6) is 0 Å². The lowest BCUT2D eigenvalue weighted by atomic mass is 9.80. The molecule has 3 N–H and O–H groups in total. The van der Waals surface area contributed by atoms with Crippen LogP contribution < -0.4 is 10.6 Å². The van der Waals surface area contributed by atoms with Crippen molar-refractivity contribution >= 4 is 27.9 Å². The van der Waals surface area contributed by atoms with Crippen LogP contribution in [0.3, 0.4) is 0 Å². The van der Waals surface area contributed by atoms with Crippen molar-refractivity contribution in [3.05, 3.63) is 11.1 Å². The van der Waals surface area contributed by atoms with Gasteiger partial charge < -0.3 is 15.7 Å². The third kappa shape index (κ3) is 5.22. The number of rotatable bonds is 5. The van der Waals surface area contributed by atoms with E-state index in [0.717, 1.165) is 25.7 Å². The minimum Gasteiger partial charge on any atom is -0.481 e. The number of carbonyl (C=O) groups is 2. The molecule has 1 rings (SSSR count). The van der Waals surface area contributed by atoms with Gasteiger partial charge in [-0.1, -0.05) is 48.2 Å². The third-order valence-corrected chi connectivity index (χ3v) is 3.82. The Morgan fingerprint density at radius 3 is 2.21 bits per heavy atom. The second kappa shape index (κ2) is 7.53. The lowest BCUT2D eigenvalue weighted by molar-refractivity contribution is -0.149. The molecule has 19 heavy (non-hydrogen) atoms. The van der Waals surface area contributed by atoms with E-state index in [1.807, 2.05) is 0 Å². The quantitative estimate of drug-likeness (QED) is 0.677. The fourth-order valence-electron chi connectivity index (χ4n) is 2.36. The Labute approximate surface area is 122 Å². The monoisotopic (exact) mass is 332 g/mol. The van der Waals surface area contributed by atoms with Crippen molar-refractivity contribution in [1.82, 2.24) is 10.6 Å². The summed E-state index contributed by atoms with van der Waals surface area (Å²) in [5, 5.41) is 14.7. The number of hydrogen-bond donors (Lipinski definition) is 3. The number of halogens is 1. The third-order valence-electron chi connectivity index (χ3n) is 3.54. The number of carbonyl (C=O) groups excluding carboxylic acids is 1. The largest absolute Gasteiger partial charge is 0.481 e. The van der Waals surface area contributed by atoms with Gasteiger partial charge >= 0.3 is 12.0 Å². The molecule has 0 aromatic heterocycles. The fourth-order valence-corrected chi connectivity index (χ4v) is 2.50. The van der Waals surface area contributed by atoms with E-state index in [9.17, 15) is 14.7 Å². The van der Waals surface area contributed by atoms with Gasteiger partial charge in [-0.2, -0.15) is 0 Å². The molecule has 0 atom stereocenters. The van der Waals surface area contributed by atoms with Crippen LogP contribution in [0.2, 0.25) is 0 Å². The van der Waals surface area contributed by atoms with Crippen molar-refractivity contribution in [1.29, 1.82) is 0 Å². The SMILES string of the molecule is C=C(Br)CNC(=O)NCC1(C(=O)O)CCCCCC1. The van der Waals surface area contributed by atoms with E-state index in [0.29, 0.717) is 23.9 Å². The van der Waals surface area contributed by atoms with E-state index in [2.05, 4.69) is 33.1 Å². The fraction of sp³-hybridized carbons (Fsp3) is 0.692. The molecule has 0 bridgehead atoms. The predicted molar refractivity (Wildman–Crippen MR) is 77.2 cm³/mol. The Morgan fingerprint density at radius 2 is 1.74 bits per heavy atom. The average Bonchev–Trinajstić information content (AvgIpc) is 2.60. The van der Waals surface area contributed by atoms with Gasteiger partial charge in [-0.15, -0.1) is 0 Å². The molecule has 0 aliphatic heterocycles. The van der Waals surface area contributed by atoms with Crippen LogP contribution in [0.4, 0.5) is 4.79 Å². The van der Waals surface area contributed by atoms with Gasteiger partial charge in [0.2, 0.25) is 0 Å². The Bertz CT molecular complexity index is 350. The van der Waals surface area contributed by atoms with Crippen LogP contribution in [-0.4, -0.2) is 30.2 Å². The minimum atomic E-state index is -0.806. The van der Waals surface area contributed by atoms with Gasteiger partial charge in [-0.25, -0.2) is 4.79 Å². The minimum absolute atomic E-state index is 0.183. The zero-order chi connectivity index (χ0) is 14.3. The Balaban J connectivity index is 2.51. The molecule has 0 aromatic rings. The summed E-state index contributed by atoms with van der Waals surface area (Å²) in [6.07, 6.45) is 5.23. The predicted octanol–water partition coefficient (Wildman–Crippen LogP) is 2.62. The summed E-state index contributed by atoms with van der Waals surface area (Å²) < 4.78 is 0.671. The molecular weight excluding hydrogens is 312 g/mol. The first kappa shape index (κ1) is 16.0. The molecule has 0 spiro atoms. The molecule has 0 heterocycles. The molecule has 1 fully saturated rings. The zero-order valence-electron chi connectivity index (χ0n) is 11.0. The number of hydrogen-bond acceptors (Lipinski definition) is 2. The van der Waals surface area contributed by atoms with E-state index in [1.54, 1.807) is 0 Å². The van der Waals surface area contributed by atoms with Gasteiger partial charge in [-0.3, -0.25) is 4.79 Å². The van der Waals surface area contributed by atoms with Crippen LogP contribution in [0.15, 0.2) is 11.1 Å². The van der Waals surface area contributed by atoms with E-state index in [1.165, 1.54) is 0 Å². The van der Waals surface area contributed by atoms with Crippen molar-refractivity contribution < 1.29 is 14.7 Å². The molecule has 1 aliphatic rings. The van der Waals surface area contributed by atoms with E-state index >= 15 is 0 Å². The topological polar surface area (TPSA) is 78.4 Å². The van der Waals surface area contributed by atoms with Gasteiger partial charge in [0.25, 0.3) is 0 Å². The number of carboxylic acid groups (broad SMARTS) is 1. The second-order valence-corrected chi connectivity index (χ2v) is 6.17. The summed E-state index contributed by atoms with van der Waals surface area (Å²) in [5.41, 5.74) is -0.806. The van der Waals surface area contributed by atoms with Crippen LogP contribution in [0, 0.1) is 5.41 Å². The summed E-state index contributed by atoms with van der Waals surface area (Å²) in [5.74, 6) is -0.806. The summed E-state index contributed by atoms with van der Waals surface area (Å²) in [6.45, 7) is 4.12. The maximum Gasteiger partial charge on any atom is 0.315 e. The van der Waals surface area contributed by atoms with Gasteiger partial charge in [0.15, 0.2) is 0 Å². The summed E-state index contributed by atoms with van der Waals surface area (Å²) in [4.78, 5) is 23.1. The van der Waals surface area contributed by atoms with Crippen LogP contribution in [0.1, 0.15) is 38.5 Å². The van der Waals surface area contributed by atoms with Crippen molar-refractivity contribution in [2.24, 2.45) is 5.41 Å². The molecule has 108 valence electrons. The van der Waals surface area contributed by atoms with Gasteiger partial charge in [0.05, 0.1) is 12.0 Å². The first-order valence-corrected chi connectivity index (χ1v) is 7.34. The van der Waals surface area contributed by atoms with Crippen molar-refractivity contribution in [2.45, 2.75) is 38.5 Å². The molecule has 1 saturated carbocycles. The number of urea groups is 1. The molecule has 2 amide bonds. The first-order chi connectivity index (χ1) is 8.96. The Morgan fingerprint density at radius 1 is 1.16 bits per heavy atom. The number of amides is 2. The Hall–Kier alpha value is -1.04. The van der Waals surface area contributed by atoms with Crippen molar-refractivity contribution in [3.8, 4) is 0 Å². The van der Waals surface area contributed by atoms with Gasteiger partial charge in [0, 0.05) is 11.0 Å². The van der Waals surface area contributed by atoms with E-state index < -0.39 is 11.4 Å². The van der Waals surface area contributed by atoms with Crippen LogP contribution in [0.25, 0.3) is 0 Å². The standard InChI is InChI=1S/C13H21BrN2O3/c1-10(14)8-15-12(19)16-9-13(11(17)18)6-4-2-3-5-7-13/h1-9H2,(H,17,18)(H2,15,16,19). The van der Waals surface area contributed by atoms with Crippen molar-refractivity contribution in [3.63, 3.8) is 0 Å². The molecule has 0 aromatic carbocycles. The average molecular weight is 333 g/mol. The summed E-state index contributed by atoms with van der Waals surface area (Å²) in [6, 6.07) is -0.356. The second-order valence-electron chi connectivity index (χ2n) is 5.05. The maximum absolute atomic E-state index is 11.6. The molecule has 0 saturated heterocycles. The summed E-state index contributed by atoms with van der Waals surface area (Å²) >= 11 is 3.14. The van der Waals surface area contributed by atoms with Gasteiger partial charge in [-0.05, 0) is 12.8 Å². The van der Waals surface area contributed by atoms with Gasteiger partial charge in [0.1, 0.15) is 0 Å². The van der Waals surface area contributed by atoms with E-state index in [-0.39, 0.29) is 12.6 Å². The summed E-state index contributed by atoms with van der Waals surface area (Å²) in [7, 11) is 0. The van der Waals surface area contributed by atoms with Crippen LogP contribution >= 0.6 is 15.9 Å². The number of carboxylic acids is 1. The molecule has 6 heteroatoms. The highest BCUT2D eigenvalue weighted by atomic mass is 79.9. The normalized spacial score (nSPS) is 18.2. The smallest absolute Gasteiger partial charge is 0.315 e. The lowest BCUT2D eigenvalue weighted by Crippen LogP contribution is -2.46. The van der Waals surface area contributed by atoms with E-state index in [4.69, 9.17) is 0 Å². The number of nitrogens with one attached hydrogen (secondary N) is 2. The lowest BCUT2D eigenvalue weighted by Gasteiger charge is -2.28. The van der Waals surface area contributed by atoms with Crippen LogP contribution in [-0.2, 0) is 4.79 Å². The number of aliphatic carboxylic acids is 1. The molecule has 5 nitrogen and oxygen atoms in total.